The van der Waals surface area contributed by atoms with Crippen molar-refractivity contribution in [2.45, 2.75) is 45.4 Å². The van der Waals surface area contributed by atoms with Crippen LogP contribution in [0.1, 0.15) is 51.0 Å². The van der Waals surface area contributed by atoms with E-state index in [1.807, 2.05) is 12.1 Å². The van der Waals surface area contributed by atoms with Gasteiger partial charge in [0, 0.05) is 16.5 Å². The fraction of sp³-hybridized carbons (Fsp3) is 0.391. The highest BCUT2D eigenvalue weighted by molar-refractivity contribution is 6.30. The van der Waals surface area contributed by atoms with Gasteiger partial charge in [0.2, 0.25) is 0 Å². The number of hydrogen-bond acceptors (Lipinski definition) is 0. The molecule has 24 heavy (non-hydrogen) atoms. The zero-order chi connectivity index (χ0) is 16.8. The zero-order valence-corrected chi connectivity index (χ0v) is 15.2. The summed E-state index contributed by atoms with van der Waals surface area (Å²) in [6.45, 7) is 2.29. The van der Waals surface area contributed by atoms with Crippen LogP contribution < -0.4 is 0 Å². The Morgan fingerprint density at radius 3 is 2.04 bits per heavy atom. The lowest BCUT2D eigenvalue weighted by atomic mass is 9.80. The molecular formula is C23H25Cl. The van der Waals surface area contributed by atoms with Gasteiger partial charge in [-0.05, 0) is 67.0 Å². The van der Waals surface area contributed by atoms with Crippen molar-refractivity contribution in [3.05, 3.63) is 59.1 Å². The molecule has 2 aromatic carbocycles. The number of halogens is 1. The van der Waals surface area contributed by atoms with Crippen LogP contribution in [-0.4, -0.2) is 0 Å². The van der Waals surface area contributed by atoms with E-state index < -0.39 is 0 Å². The van der Waals surface area contributed by atoms with Crippen molar-refractivity contribution in [3.63, 3.8) is 0 Å². The Morgan fingerprint density at radius 2 is 1.46 bits per heavy atom. The summed E-state index contributed by atoms with van der Waals surface area (Å²) >= 11 is 5.95. The molecule has 1 aliphatic rings. The average molecular weight is 337 g/mol. The van der Waals surface area contributed by atoms with Crippen LogP contribution in [0.5, 0.6) is 0 Å². The molecule has 0 saturated heterocycles. The molecule has 1 heteroatoms. The van der Waals surface area contributed by atoms with Gasteiger partial charge in [-0.15, -0.1) is 0 Å². The maximum absolute atomic E-state index is 5.95. The average Bonchev–Trinajstić information content (AvgIpc) is 2.63. The van der Waals surface area contributed by atoms with E-state index in [2.05, 4.69) is 55.2 Å². The normalized spacial score (nSPS) is 20.2. The van der Waals surface area contributed by atoms with E-state index in [1.165, 1.54) is 49.7 Å². The van der Waals surface area contributed by atoms with Crippen LogP contribution in [0, 0.1) is 23.7 Å². The molecule has 0 spiro atoms. The molecule has 0 amide bonds. The Bertz CT molecular complexity index is 692. The summed E-state index contributed by atoms with van der Waals surface area (Å²) in [4.78, 5) is 0. The molecule has 0 bridgehead atoms. The molecule has 1 fully saturated rings. The number of benzene rings is 2. The first kappa shape index (κ1) is 17.1. The van der Waals surface area contributed by atoms with E-state index in [0.29, 0.717) is 5.92 Å². The molecular weight excluding hydrogens is 312 g/mol. The van der Waals surface area contributed by atoms with Crippen LogP contribution in [0.3, 0.4) is 0 Å². The quantitative estimate of drug-likeness (QED) is 0.531. The molecule has 0 radical (unpaired) electrons. The minimum Gasteiger partial charge on any atom is -0.0945 e. The summed E-state index contributed by atoms with van der Waals surface area (Å²) in [5, 5.41) is 0.773. The van der Waals surface area contributed by atoms with Crippen molar-refractivity contribution in [2.24, 2.45) is 11.8 Å². The maximum Gasteiger partial charge on any atom is 0.0406 e. The van der Waals surface area contributed by atoms with Gasteiger partial charge in [-0.2, -0.15) is 0 Å². The SMILES string of the molecule is CCCC1CCC(C#Cc2ccc(-c3ccc(Cl)cc3)cc2)CC1. The Balaban J connectivity index is 1.60. The highest BCUT2D eigenvalue weighted by Gasteiger charge is 2.18. The highest BCUT2D eigenvalue weighted by atomic mass is 35.5. The van der Waals surface area contributed by atoms with Crippen molar-refractivity contribution in [1.82, 2.24) is 0 Å². The molecule has 0 heterocycles. The molecule has 0 nitrogen and oxygen atoms in total. The first-order valence-corrected chi connectivity index (χ1v) is 9.50. The van der Waals surface area contributed by atoms with Gasteiger partial charge in [-0.3, -0.25) is 0 Å². The Morgan fingerprint density at radius 1 is 0.875 bits per heavy atom. The monoisotopic (exact) mass is 336 g/mol. The van der Waals surface area contributed by atoms with E-state index in [-0.39, 0.29) is 0 Å². The van der Waals surface area contributed by atoms with Gasteiger partial charge < -0.3 is 0 Å². The number of hydrogen-bond donors (Lipinski definition) is 0. The molecule has 0 aliphatic heterocycles. The summed E-state index contributed by atoms with van der Waals surface area (Å²) in [6, 6.07) is 16.5. The summed E-state index contributed by atoms with van der Waals surface area (Å²) in [6.07, 6.45) is 8.00. The standard InChI is InChI=1S/C23H25Cl/c1-2-3-18-4-6-19(7-5-18)8-9-20-10-12-21(13-11-20)22-14-16-23(24)17-15-22/h10-19H,2-7H2,1H3. The third-order valence-electron chi connectivity index (χ3n) is 5.03. The minimum absolute atomic E-state index is 0.592. The van der Waals surface area contributed by atoms with Gasteiger partial charge in [0.05, 0.1) is 0 Å². The van der Waals surface area contributed by atoms with Gasteiger partial charge in [-0.25, -0.2) is 0 Å². The topological polar surface area (TPSA) is 0 Å². The molecule has 0 N–H and O–H groups in total. The first-order chi connectivity index (χ1) is 11.7. The van der Waals surface area contributed by atoms with E-state index in [4.69, 9.17) is 11.6 Å². The summed E-state index contributed by atoms with van der Waals surface area (Å²) in [7, 11) is 0. The van der Waals surface area contributed by atoms with Crippen LogP contribution >= 0.6 is 11.6 Å². The second-order valence-corrected chi connectivity index (χ2v) is 7.30. The second-order valence-electron chi connectivity index (χ2n) is 6.86. The van der Waals surface area contributed by atoms with E-state index >= 15 is 0 Å². The van der Waals surface area contributed by atoms with Gasteiger partial charge in [0.1, 0.15) is 0 Å². The molecule has 0 aromatic heterocycles. The Labute approximate surface area is 151 Å². The minimum atomic E-state index is 0.592. The maximum atomic E-state index is 5.95. The van der Waals surface area contributed by atoms with Gasteiger partial charge >= 0.3 is 0 Å². The Hall–Kier alpha value is -1.71. The smallest absolute Gasteiger partial charge is 0.0406 e. The zero-order valence-electron chi connectivity index (χ0n) is 14.4. The van der Waals surface area contributed by atoms with Crippen molar-refractivity contribution < 1.29 is 0 Å². The fourth-order valence-corrected chi connectivity index (χ4v) is 3.70. The molecule has 124 valence electrons. The van der Waals surface area contributed by atoms with E-state index in [1.54, 1.807) is 0 Å². The van der Waals surface area contributed by atoms with Crippen molar-refractivity contribution in [2.75, 3.05) is 0 Å². The fourth-order valence-electron chi connectivity index (χ4n) is 3.58. The van der Waals surface area contributed by atoms with Crippen molar-refractivity contribution in [1.29, 1.82) is 0 Å². The van der Waals surface area contributed by atoms with Gasteiger partial charge in [0.15, 0.2) is 0 Å². The molecule has 3 rings (SSSR count). The molecule has 0 unspecified atom stereocenters. The molecule has 0 atom stereocenters. The largest absolute Gasteiger partial charge is 0.0945 e. The van der Waals surface area contributed by atoms with E-state index in [0.717, 1.165) is 16.5 Å². The highest BCUT2D eigenvalue weighted by Crippen LogP contribution is 2.31. The predicted octanol–water partition coefficient (Wildman–Crippen LogP) is 6.97. The predicted molar refractivity (Wildman–Crippen MR) is 104 cm³/mol. The molecule has 1 aliphatic carbocycles. The lowest BCUT2D eigenvalue weighted by molar-refractivity contribution is 0.300. The van der Waals surface area contributed by atoms with Gasteiger partial charge in [-0.1, -0.05) is 67.5 Å². The van der Waals surface area contributed by atoms with Crippen LogP contribution in [0.25, 0.3) is 11.1 Å². The van der Waals surface area contributed by atoms with Crippen molar-refractivity contribution >= 4 is 11.6 Å². The summed E-state index contributed by atoms with van der Waals surface area (Å²) < 4.78 is 0. The second kappa shape index (κ2) is 8.41. The first-order valence-electron chi connectivity index (χ1n) is 9.12. The third-order valence-corrected chi connectivity index (χ3v) is 5.28. The Kier molecular flexibility index (Phi) is 6.00. The molecule has 1 saturated carbocycles. The van der Waals surface area contributed by atoms with E-state index in [9.17, 15) is 0 Å². The lowest BCUT2D eigenvalue weighted by Crippen LogP contribution is -2.13. The van der Waals surface area contributed by atoms with Crippen LogP contribution in [0.2, 0.25) is 5.02 Å². The van der Waals surface area contributed by atoms with Crippen LogP contribution in [-0.2, 0) is 0 Å². The number of rotatable bonds is 3. The summed E-state index contributed by atoms with van der Waals surface area (Å²) in [5.41, 5.74) is 3.51. The van der Waals surface area contributed by atoms with Crippen LogP contribution in [0.4, 0.5) is 0 Å². The lowest BCUT2D eigenvalue weighted by Gasteiger charge is -2.25. The van der Waals surface area contributed by atoms with Gasteiger partial charge in [0.25, 0.3) is 0 Å². The van der Waals surface area contributed by atoms with Crippen LogP contribution in [0.15, 0.2) is 48.5 Å². The third kappa shape index (κ3) is 4.65. The molecule has 2 aromatic rings. The van der Waals surface area contributed by atoms with Crippen molar-refractivity contribution in [3.8, 4) is 23.0 Å². The summed E-state index contributed by atoms with van der Waals surface area (Å²) in [5.74, 6) is 8.42.